The fourth-order valence-electron chi connectivity index (χ4n) is 2.47. The highest BCUT2D eigenvalue weighted by atomic mass is 35.5. The molecule has 0 aromatic carbocycles. The van der Waals surface area contributed by atoms with Gasteiger partial charge in [0.25, 0.3) is 5.91 Å². The summed E-state index contributed by atoms with van der Waals surface area (Å²) in [6, 6.07) is 3.49. The molecular formula is C14H20ClN3O2. The van der Waals surface area contributed by atoms with E-state index in [4.69, 9.17) is 11.6 Å². The Morgan fingerprint density at radius 2 is 2.35 bits per heavy atom. The van der Waals surface area contributed by atoms with Gasteiger partial charge in [0.05, 0.1) is 11.6 Å². The summed E-state index contributed by atoms with van der Waals surface area (Å²) >= 11 is 5.73. The summed E-state index contributed by atoms with van der Waals surface area (Å²) in [6.07, 6.45) is 4.82. The number of likely N-dealkylation sites (tertiary alicyclic amines) is 1. The van der Waals surface area contributed by atoms with E-state index >= 15 is 0 Å². The van der Waals surface area contributed by atoms with E-state index in [0.29, 0.717) is 17.3 Å². The van der Waals surface area contributed by atoms with E-state index in [1.165, 1.54) is 12.6 Å². The maximum atomic E-state index is 11.9. The molecule has 0 saturated carbocycles. The fourth-order valence-corrected chi connectivity index (χ4v) is 2.59. The van der Waals surface area contributed by atoms with E-state index in [2.05, 4.69) is 15.2 Å². The Kier molecular flexibility index (Phi) is 5.76. The highest BCUT2D eigenvalue weighted by molar-refractivity contribution is 6.30. The smallest absolute Gasteiger partial charge is 0.269 e. The SMILES string of the molecule is O=C(NCCN1CCCC[C@@H]1CO)c1ccc(Cl)cn1. The summed E-state index contributed by atoms with van der Waals surface area (Å²) < 4.78 is 0. The molecule has 2 heterocycles. The van der Waals surface area contributed by atoms with Crippen molar-refractivity contribution in [3.8, 4) is 0 Å². The van der Waals surface area contributed by atoms with Gasteiger partial charge in [-0.25, -0.2) is 4.98 Å². The molecule has 1 aliphatic heterocycles. The Bertz CT molecular complexity index is 439. The molecule has 6 heteroatoms. The Balaban J connectivity index is 1.77. The maximum absolute atomic E-state index is 11.9. The second-order valence-corrected chi connectivity index (χ2v) is 5.42. The zero-order chi connectivity index (χ0) is 14.4. The molecule has 5 nitrogen and oxygen atoms in total. The molecule has 20 heavy (non-hydrogen) atoms. The normalized spacial score (nSPS) is 19.8. The zero-order valence-electron chi connectivity index (χ0n) is 11.4. The lowest BCUT2D eigenvalue weighted by molar-refractivity contribution is 0.0847. The van der Waals surface area contributed by atoms with Crippen LogP contribution in [0, 0.1) is 0 Å². The zero-order valence-corrected chi connectivity index (χ0v) is 12.1. The lowest BCUT2D eigenvalue weighted by Crippen LogP contribution is -2.45. The third-order valence-corrected chi connectivity index (χ3v) is 3.83. The molecule has 2 N–H and O–H groups in total. The van der Waals surface area contributed by atoms with Crippen LogP contribution in [0.3, 0.4) is 0 Å². The van der Waals surface area contributed by atoms with Crippen LogP contribution in [0.25, 0.3) is 0 Å². The van der Waals surface area contributed by atoms with Crippen molar-refractivity contribution in [1.29, 1.82) is 0 Å². The molecule has 1 fully saturated rings. The average molecular weight is 298 g/mol. The fraction of sp³-hybridized carbons (Fsp3) is 0.571. The first-order valence-corrected chi connectivity index (χ1v) is 7.33. The molecule has 0 unspecified atom stereocenters. The van der Waals surface area contributed by atoms with Crippen molar-refractivity contribution in [1.82, 2.24) is 15.2 Å². The number of halogens is 1. The van der Waals surface area contributed by atoms with Gasteiger partial charge in [-0.2, -0.15) is 0 Å². The summed E-state index contributed by atoms with van der Waals surface area (Å²) in [7, 11) is 0. The molecule has 0 aliphatic carbocycles. The van der Waals surface area contributed by atoms with Gasteiger partial charge in [-0.1, -0.05) is 18.0 Å². The van der Waals surface area contributed by atoms with Crippen LogP contribution < -0.4 is 5.32 Å². The van der Waals surface area contributed by atoms with Gasteiger partial charge < -0.3 is 10.4 Å². The number of hydrogen-bond acceptors (Lipinski definition) is 4. The quantitative estimate of drug-likeness (QED) is 0.860. The summed E-state index contributed by atoms with van der Waals surface area (Å²) in [5, 5.41) is 12.7. The minimum absolute atomic E-state index is 0.187. The molecule has 0 radical (unpaired) electrons. The van der Waals surface area contributed by atoms with Crippen molar-refractivity contribution in [3.05, 3.63) is 29.0 Å². The Hall–Kier alpha value is -1.17. The molecule has 0 spiro atoms. The predicted molar refractivity (Wildman–Crippen MR) is 77.9 cm³/mol. The van der Waals surface area contributed by atoms with Crippen LogP contribution in [0.5, 0.6) is 0 Å². The number of carbonyl (C=O) groups excluding carboxylic acids is 1. The monoisotopic (exact) mass is 297 g/mol. The van der Waals surface area contributed by atoms with E-state index < -0.39 is 0 Å². The van der Waals surface area contributed by atoms with Gasteiger partial charge in [0.15, 0.2) is 0 Å². The van der Waals surface area contributed by atoms with E-state index in [1.807, 2.05) is 0 Å². The number of aliphatic hydroxyl groups is 1. The molecule has 1 amide bonds. The van der Waals surface area contributed by atoms with Crippen LogP contribution >= 0.6 is 11.6 Å². The number of aliphatic hydroxyl groups excluding tert-OH is 1. The lowest BCUT2D eigenvalue weighted by atomic mass is 10.0. The predicted octanol–water partition coefficient (Wildman–Crippen LogP) is 1.31. The second-order valence-electron chi connectivity index (χ2n) is 4.99. The highest BCUT2D eigenvalue weighted by Gasteiger charge is 2.21. The number of aromatic nitrogens is 1. The third-order valence-electron chi connectivity index (χ3n) is 3.60. The third kappa shape index (κ3) is 4.16. The van der Waals surface area contributed by atoms with Crippen molar-refractivity contribution in [3.63, 3.8) is 0 Å². The summed E-state index contributed by atoms with van der Waals surface area (Å²) in [5.74, 6) is -0.195. The lowest BCUT2D eigenvalue weighted by Gasteiger charge is -2.34. The first kappa shape index (κ1) is 15.2. The largest absolute Gasteiger partial charge is 0.395 e. The number of piperidine rings is 1. The van der Waals surface area contributed by atoms with Crippen LogP contribution in [0.15, 0.2) is 18.3 Å². The van der Waals surface area contributed by atoms with Crippen molar-refractivity contribution in [2.45, 2.75) is 25.3 Å². The number of amides is 1. The van der Waals surface area contributed by atoms with Crippen molar-refractivity contribution in [2.24, 2.45) is 0 Å². The van der Waals surface area contributed by atoms with E-state index in [-0.39, 0.29) is 18.6 Å². The van der Waals surface area contributed by atoms with Crippen molar-refractivity contribution < 1.29 is 9.90 Å². The Morgan fingerprint density at radius 1 is 1.50 bits per heavy atom. The van der Waals surface area contributed by atoms with Crippen molar-refractivity contribution >= 4 is 17.5 Å². The van der Waals surface area contributed by atoms with Gasteiger partial charge in [-0.15, -0.1) is 0 Å². The van der Waals surface area contributed by atoms with Gasteiger partial charge in [0, 0.05) is 25.3 Å². The van der Waals surface area contributed by atoms with Crippen LogP contribution in [0.1, 0.15) is 29.8 Å². The van der Waals surface area contributed by atoms with Gasteiger partial charge in [-0.3, -0.25) is 9.69 Å². The first-order valence-electron chi connectivity index (χ1n) is 6.95. The molecule has 110 valence electrons. The second kappa shape index (κ2) is 7.57. The summed E-state index contributed by atoms with van der Waals surface area (Å²) in [5.41, 5.74) is 0.367. The molecule has 2 rings (SSSR count). The minimum atomic E-state index is -0.195. The number of carbonyl (C=O) groups is 1. The van der Waals surface area contributed by atoms with Crippen LogP contribution in [0.2, 0.25) is 5.02 Å². The Labute approximate surface area is 123 Å². The molecule has 0 bridgehead atoms. The van der Waals surface area contributed by atoms with Gasteiger partial charge in [-0.05, 0) is 31.5 Å². The summed E-state index contributed by atoms with van der Waals surface area (Å²) in [6.45, 7) is 2.48. The van der Waals surface area contributed by atoms with Gasteiger partial charge >= 0.3 is 0 Å². The molecular weight excluding hydrogens is 278 g/mol. The van der Waals surface area contributed by atoms with Crippen LogP contribution in [-0.4, -0.2) is 53.2 Å². The van der Waals surface area contributed by atoms with E-state index in [1.54, 1.807) is 12.1 Å². The average Bonchev–Trinajstić information content (AvgIpc) is 2.48. The molecule has 1 atom stereocenters. The van der Waals surface area contributed by atoms with E-state index in [9.17, 15) is 9.90 Å². The molecule has 1 aromatic heterocycles. The minimum Gasteiger partial charge on any atom is -0.395 e. The maximum Gasteiger partial charge on any atom is 0.269 e. The molecule has 1 saturated heterocycles. The standard InChI is InChI=1S/C14H20ClN3O2/c15-11-4-5-13(17-9-11)14(20)16-6-8-18-7-2-1-3-12(18)10-19/h4-5,9,12,19H,1-3,6-8,10H2,(H,16,20)/t12-/m1/s1. The molecule has 1 aliphatic rings. The number of pyridine rings is 1. The molecule has 1 aromatic rings. The van der Waals surface area contributed by atoms with E-state index in [0.717, 1.165) is 25.9 Å². The highest BCUT2D eigenvalue weighted by Crippen LogP contribution is 2.15. The first-order chi connectivity index (χ1) is 9.70. The topological polar surface area (TPSA) is 65.5 Å². The number of hydrogen-bond donors (Lipinski definition) is 2. The van der Waals surface area contributed by atoms with Crippen LogP contribution in [-0.2, 0) is 0 Å². The summed E-state index contributed by atoms with van der Waals surface area (Å²) in [4.78, 5) is 18.1. The number of nitrogens with one attached hydrogen (secondary N) is 1. The number of rotatable bonds is 5. The Morgan fingerprint density at radius 3 is 3.05 bits per heavy atom. The van der Waals surface area contributed by atoms with Gasteiger partial charge in [0.1, 0.15) is 5.69 Å². The van der Waals surface area contributed by atoms with Crippen LogP contribution in [0.4, 0.5) is 0 Å². The van der Waals surface area contributed by atoms with Gasteiger partial charge in [0.2, 0.25) is 0 Å². The number of nitrogens with zero attached hydrogens (tertiary/aromatic N) is 2. The van der Waals surface area contributed by atoms with Crippen molar-refractivity contribution in [2.75, 3.05) is 26.2 Å².